The molecule has 0 aliphatic rings. The summed E-state index contributed by atoms with van der Waals surface area (Å²) in [5.41, 5.74) is 2.46. The van der Waals surface area contributed by atoms with E-state index >= 15 is 0 Å². The average molecular weight is 302 g/mol. The van der Waals surface area contributed by atoms with Crippen LogP contribution in [0.3, 0.4) is 0 Å². The lowest BCUT2D eigenvalue weighted by Crippen LogP contribution is -1.86. The quantitative estimate of drug-likeness (QED) is 0.623. The first-order valence-electron chi connectivity index (χ1n) is 7.21. The van der Waals surface area contributed by atoms with Crippen LogP contribution in [-0.2, 0) is 12.8 Å². The van der Waals surface area contributed by atoms with Gasteiger partial charge in [-0.15, -0.1) is 0 Å². The van der Waals surface area contributed by atoms with Crippen molar-refractivity contribution < 1.29 is 8.83 Å². The average Bonchev–Trinajstić information content (AvgIpc) is 3.00. The van der Waals surface area contributed by atoms with Gasteiger partial charge in [-0.2, -0.15) is 0 Å². The molecule has 0 fully saturated rings. The second-order valence-electron chi connectivity index (χ2n) is 4.94. The monoisotopic (exact) mass is 302 g/mol. The predicted molar refractivity (Wildman–Crippen MR) is 88.0 cm³/mol. The number of allylic oxidation sites excluding steroid dienone is 4. The fourth-order valence-electron chi connectivity index (χ4n) is 2.13. The molecule has 0 aliphatic carbocycles. The molecule has 0 aromatic carbocycles. The summed E-state index contributed by atoms with van der Waals surface area (Å²) >= 11 is 1.75. The maximum Gasteiger partial charge on any atom is 0.114 e. The Balaban J connectivity index is 2.29. The molecule has 0 aliphatic heterocycles. The predicted octanol–water partition coefficient (Wildman–Crippen LogP) is 5.88. The van der Waals surface area contributed by atoms with Crippen LogP contribution in [0.4, 0.5) is 0 Å². The lowest BCUT2D eigenvalue weighted by atomic mass is 10.2. The highest BCUT2D eigenvalue weighted by Crippen LogP contribution is 2.39. The highest BCUT2D eigenvalue weighted by atomic mass is 32.2. The minimum atomic E-state index is 0.900. The molecule has 0 atom stereocenters. The van der Waals surface area contributed by atoms with Crippen molar-refractivity contribution in [1.29, 1.82) is 0 Å². The molecular weight excluding hydrogens is 280 g/mol. The zero-order valence-electron chi connectivity index (χ0n) is 13.1. The van der Waals surface area contributed by atoms with Gasteiger partial charge < -0.3 is 8.83 Å². The molecule has 0 saturated heterocycles. The fourth-order valence-corrected chi connectivity index (χ4v) is 3.25. The second kappa shape index (κ2) is 7.41. The Morgan fingerprint density at radius 2 is 1.29 bits per heavy atom. The van der Waals surface area contributed by atoms with E-state index in [0.717, 1.165) is 24.4 Å². The molecule has 2 rings (SSSR count). The molecule has 2 nitrogen and oxygen atoms in total. The second-order valence-corrected chi connectivity index (χ2v) is 5.96. The summed E-state index contributed by atoms with van der Waals surface area (Å²) in [7, 11) is 0. The van der Waals surface area contributed by atoms with E-state index in [-0.39, 0.29) is 0 Å². The van der Waals surface area contributed by atoms with E-state index in [0.29, 0.717) is 0 Å². The molecule has 0 radical (unpaired) electrons. The van der Waals surface area contributed by atoms with Crippen LogP contribution < -0.4 is 0 Å². The lowest BCUT2D eigenvalue weighted by molar-refractivity contribution is 0.524. The van der Waals surface area contributed by atoms with Gasteiger partial charge in [0.2, 0.25) is 0 Å². The maximum atomic E-state index is 5.60. The van der Waals surface area contributed by atoms with Gasteiger partial charge in [0.25, 0.3) is 0 Å². The van der Waals surface area contributed by atoms with Crippen LogP contribution in [0.5, 0.6) is 0 Å². The molecule has 3 heteroatoms. The van der Waals surface area contributed by atoms with Gasteiger partial charge in [-0.25, -0.2) is 0 Å². The molecule has 112 valence electrons. The van der Waals surface area contributed by atoms with Crippen LogP contribution in [0.25, 0.3) is 0 Å². The number of hydrogen-bond donors (Lipinski definition) is 0. The fraction of sp³-hybridized carbons (Fsp3) is 0.333. The molecule has 0 bridgehead atoms. The highest BCUT2D eigenvalue weighted by molar-refractivity contribution is 7.99. The third-order valence-electron chi connectivity index (χ3n) is 3.33. The molecule has 0 N–H and O–H groups in total. The highest BCUT2D eigenvalue weighted by Gasteiger charge is 2.17. The van der Waals surface area contributed by atoms with Crippen molar-refractivity contribution in [2.75, 3.05) is 0 Å². The zero-order valence-corrected chi connectivity index (χ0v) is 13.9. The summed E-state index contributed by atoms with van der Waals surface area (Å²) in [6.07, 6.45) is 14.0. The number of aryl methyl sites for hydroxylation is 2. The molecule has 0 saturated carbocycles. The molecule has 0 amide bonds. The minimum absolute atomic E-state index is 0.900. The first kappa shape index (κ1) is 15.8. The summed E-state index contributed by atoms with van der Waals surface area (Å²) in [6.45, 7) is 8.11. The van der Waals surface area contributed by atoms with Gasteiger partial charge in [0.05, 0.1) is 22.3 Å². The van der Waals surface area contributed by atoms with Crippen molar-refractivity contribution in [3.8, 4) is 0 Å². The largest absolute Gasteiger partial charge is 0.468 e. The maximum absolute atomic E-state index is 5.60. The summed E-state index contributed by atoms with van der Waals surface area (Å²) in [6, 6.07) is 0. The van der Waals surface area contributed by atoms with Gasteiger partial charge >= 0.3 is 0 Å². The number of rotatable bonds is 6. The molecule has 0 unspecified atom stereocenters. The Kier molecular flexibility index (Phi) is 5.57. The Morgan fingerprint density at radius 1 is 0.857 bits per heavy atom. The van der Waals surface area contributed by atoms with E-state index in [1.165, 1.54) is 20.9 Å². The minimum Gasteiger partial charge on any atom is -0.468 e. The van der Waals surface area contributed by atoms with E-state index in [1.54, 1.807) is 11.8 Å². The third-order valence-corrected chi connectivity index (χ3v) is 4.84. The summed E-state index contributed by atoms with van der Waals surface area (Å²) < 4.78 is 11.2. The lowest BCUT2D eigenvalue weighted by Gasteiger charge is -2.04. The standard InChI is InChI=1S/C18H22O2S/c1-5-7-9-15-11-19-13(3)17(15)21-18-14(4)20-12-16(18)10-8-6-2/h5-8,11-12H,9-10H2,1-4H3. The van der Waals surface area contributed by atoms with Crippen molar-refractivity contribution >= 4 is 11.8 Å². The van der Waals surface area contributed by atoms with Crippen molar-refractivity contribution in [3.05, 3.63) is 59.5 Å². The topological polar surface area (TPSA) is 26.3 Å². The van der Waals surface area contributed by atoms with Crippen molar-refractivity contribution in [2.24, 2.45) is 0 Å². The molecular formula is C18H22O2S. The van der Waals surface area contributed by atoms with Gasteiger partial charge in [0.15, 0.2) is 0 Å². The smallest absolute Gasteiger partial charge is 0.114 e. The molecule has 2 heterocycles. The SMILES string of the molecule is CC=CCc1coc(C)c1Sc1c(CC=CC)coc1C. The van der Waals surface area contributed by atoms with Crippen LogP contribution in [0.1, 0.15) is 36.5 Å². The van der Waals surface area contributed by atoms with Gasteiger partial charge in [-0.05, 0) is 40.5 Å². The first-order valence-corrected chi connectivity index (χ1v) is 8.03. The molecule has 21 heavy (non-hydrogen) atoms. The molecule has 2 aromatic heterocycles. The van der Waals surface area contributed by atoms with Crippen molar-refractivity contribution in [3.63, 3.8) is 0 Å². The Hall–Kier alpha value is -1.61. The summed E-state index contributed by atoms with van der Waals surface area (Å²) in [5.74, 6) is 1.94. The van der Waals surface area contributed by atoms with E-state index in [9.17, 15) is 0 Å². The Morgan fingerprint density at radius 3 is 1.67 bits per heavy atom. The van der Waals surface area contributed by atoms with E-state index in [4.69, 9.17) is 8.83 Å². The Bertz CT molecular complexity index is 588. The third kappa shape index (κ3) is 3.73. The normalized spacial score (nSPS) is 12.0. The van der Waals surface area contributed by atoms with Crippen molar-refractivity contribution in [2.45, 2.75) is 50.3 Å². The number of furan rings is 2. The van der Waals surface area contributed by atoms with Crippen LogP contribution in [0, 0.1) is 13.8 Å². The van der Waals surface area contributed by atoms with Crippen LogP contribution in [-0.4, -0.2) is 0 Å². The van der Waals surface area contributed by atoms with Gasteiger partial charge in [-0.3, -0.25) is 0 Å². The van der Waals surface area contributed by atoms with E-state index < -0.39 is 0 Å². The van der Waals surface area contributed by atoms with Crippen LogP contribution in [0.2, 0.25) is 0 Å². The van der Waals surface area contributed by atoms with Crippen LogP contribution in [0.15, 0.2) is 55.5 Å². The first-order chi connectivity index (χ1) is 10.2. The Labute approximate surface area is 130 Å². The molecule has 2 aromatic rings. The van der Waals surface area contributed by atoms with Crippen molar-refractivity contribution in [1.82, 2.24) is 0 Å². The van der Waals surface area contributed by atoms with Gasteiger partial charge in [-0.1, -0.05) is 36.1 Å². The summed E-state index contributed by atoms with van der Waals surface area (Å²) in [5, 5.41) is 0. The van der Waals surface area contributed by atoms with Gasteiger partial charge in [0, 0.05) is 11.1 Å². The van der Waals surface area contributed by atoms with Crippen LogP contribution >= 0.6 is 11.8 Å². The van der Waals surface area contributed by atoms with E-state index in [1.807, 2.05) is 40.2 Å². The molecule has 0 spiro atoms. The summed E-state index contributed by atoms with van der Waals surface area (Å²) in [4.78, 5) is 2.42. The van der Waals surface area contributed by atoms with Gasteiger partial charge in [0.1, 0.15) is 11.5 Å². The van der Waals surface area contributed by atoms with E-state index in [2.05, 4.69) is 24.3 Å². The zero-order chi connectivity index (χ0) is 15.2. The number of hydrogen-bond acceptors (Lipinski definition) is 3.